The Kier molecular flexibility index (Phi) is 5.49. The van der Waals surface area contributed by atoms with Crippen LogP contribution in [0.2, 0.25) is 0 Å². The molecule has 0 aromatic heterocycles. The van der Waals surface area contributed by atoms with E-state index >= 15 is 0 Å². The van der Waals surface area contributed by atoms with Gasteiger partial charge in [-0.15, -0.1) is 0 Å². The van der Waals surface area contributed by atoms with Crippen molar-refractivity contribution in [3.05, 3.63) is 0 Å². The van der Waals surface area contributed by atoms with E-state index in [0.717, 1.165) is 12.6 Å². The number of unbranched alkanes of at least 4 members (excludes halogenated alkanes) is 2. The van der Waals surface area contributed by atoms with Crippen molar-refractivity contribution in [3.63, 3.8) is 0 Å². The molecule has 0 bridgehead atoms. The lowest BCUT2D eigenvalue weighted by molar-refractivity contribution is 0.160. The molecule has 1 aliphatic heterocycles. The predicted octanol–water partition coefficient (Wildman–Crippen LogP) is 2.25. The number of rotatable bonds is 4. The van der Waals surface area contributed by atoms with Crippen LogP contribution in [0.5, 0.6) is 0 Å². The fourth-order valence-electron chi connectivity index (χ4n) is 2.32. The van der Waals surface area contributed by atoms with Gasteiger partial charge in [0.05, 0.1) is 0 Å². The van der Waals surface area contributed by atoms with Crippen molar-refractivity contribution in [1.82, 2.24) is 10.2 Å². The molecule has 0 aromatic carbocycles. The third kappa shape index (κ3) is 3.58. The van der Waals surface area contributed by atoms with E-state index in [9.17, 15) is 0 Å². The average Bonchev–Trinajstić information content (AvgIpc) is 2.32. The van der Waals surface area contributed by atoms with Crippen molar-refractivity contribution in [2.75, 3.05) is 19.6 Å². The highest BCUT2D eigenvalue weighted by atomic mass is 15.2. The third-order valence-electron chi connectivity index (χ3n) is 3.33. The topological polar surface area (TPSA) is 15.3 Å². The van der Waals surface area contributed by atoms with Crippen molar-refractivity contribution in [1.29, 1.82) is 0 Å². The molecule has 2 heteroatoms. The molecule has 0 aliphatic carbocycles. The van der Waals surface area contributed by atoms with Crippen molar-refractivity contribution in [2.45, 2.75) is 58.5 Å². The van der Waals surface area contributed by atoms with E-state index in [4.69, 9.17) is 0 Å². The Morgan fingerprint density at radius 2 is 2.00 bits per heavy atom. The molecule has 2 nitrogen and oxygen atoms in total. The molecule has 0 aromatic rings. The van der Waals surface area contributed by atoms with Crippen LogP contribution in [0.15, 0.2) is 0 Å². The molecule has 1 heterocycles. The number of hydrogen-bond donors (Lipinski definition) is 1. The van der Waals surface area contributed by atoms with Crippen LogP contribution in [0.4, 0.5) is 0 Å². The highest BCUT2D eigenvalue weighted by molar-refractivity contribution is 4.79. The second-order valence-corrected chi connectivity index (χ2v) is 4.64. The molecule has 14 heavy (non-hydrogen) atoms. The van der Waals surface area contributed by atoms with Crippen molar-refractivity contribution >= 4 is 0 Å². The van der Waals surface area contributed by atoms with Crippen molar-refractivity contribution < 1.29 is 0 Å². The van der Waals surface area contributed by atoms with E-state index in [0.29, 0.717) is 6.04 Å². The van der Waals surface area contributed by atoms with Gasteiger partial charge in [0, 0.05) is 18.6 Å². The van der Waals surface area contributed by atoms with Crippen LogP contribution in [0.3, 0.4) is 0 Å². The van der Waals surface area contributed by atoms with Gasteiger partial charge in [-0.2, -0.15) is 0 Å². The highest BCUT2D eigenvalue weighted by Gasteiger charge is 2.21. The van der Waals surface area contributed by atoms with Crippen molar-refractivity contribution in [2.24, 2.45) is 0 Å². The summed E-state index contributed by atoms with van der Waals surface area (Å²) in [6, 6.07) is 1.47. The normalized spacial score (nSPS) is 30.2. The molecule has 0 spiro atoms. The smallest absolute Gasteiger partial charge is 0.0195 e. The minimum Gasteiger partial charge on any atom is -0.315 e. The predicted molar refractivity (Wildman–Crippen MR) is 62.6 cm³/mol. The first-order valence-electron chi connectivity index (χ1n) is 6.22. The summed E-state index contributed by atoms with van der Waals surface area (Å²) in [5, 5.41) is 3.51. The van der Waals surface area contributed by atoms with Gasteiger partial charge in [-0.05, 0) is 39.8 Å². The quantitative estimate of drug-likeness (QED) is 0.697. The molecule has 1 N–H and O–H groups in total. The molecular weight excluding hydrogens is 172 g/mol. The third-order valence-corrected chi connectivity index (χ3v) is 3.33. The molecule has 1 fully saturated rings. The molecule has 84 valence electrons. The summed E-state index contributed by atoms with van der Waals surface area (Å²) in [7, 11) is 0. The molecule has 0 amide bonds. The van der Waals surface area contributed by atoms with Gasteiger partial charge < -0.3 is 5.32 Å². The van der Waals surface area contributed by atoms with Gasteiger partial charge >= 0.3 is 0 Å². The van der Waals surface area contributed by atoms with Crippen LogP contribution in [0.25, 0.3) is 0 Å². The second kappa shape index (κ2) is 6.41. The highest BCUT2D eigenvalue weighted by Crippen LogP contribution is 2.13. The summed E-state index contributed by atoms with van der Waals surface area (Å²) in [6.07, 6.45) is 5.37. The lowest BCUT2D eigenvalue weighted by Gasteiger charge is -2.32. The summed E-state index contributed by atoms with van der Waals surface area (Å²) < 4.78 is 0. The van der Waals surface area contributed by atoms with Gasteiger partial charge in [0.25, 0.3) is 0 Å². The standard InChI is InChI=1S/C12H26N2/c1-4-5-6-9-14-11(2)7-8-13-10-12(14)3/h11-13H,4-10H2,1-3H3. The molecule has 1 saturated heterocycles. The van der Waals surface area contributed by atoms with Gasteiger partial charge in [-0.3, -0.25) is 4.90 Å². The molecule has 2 atom stereocenters. The maximum Gasteiger partial charge on any atom is 0.0195 e. The molecular formula is C12H26N2. The summed E-state index contributed by atoms with van der Waals surface area (Å²) in [6.45, 7) is 10.6. The summed E-state index contributed by atoms with van der Waals surface area (Å²) in [5.41, 5.74) is 0. The second-order valence-electron chi connectivity index (χ2n) is 4.64. The summed E-state index contributed by atoms with van der Waals surface area (Å²) in [5.74, 6) is 0. The van der Waals surface area contributed by atoms with E-state index in [1.54, 1.807) is 0 Å². The van der Waals surface area contributed by atoms with Gasteiger partial charge in [-0.25, -0.2) is 0 Å². The fourth-order valence-corrected chi connectivity index (χ4v) is 2.32. The first-order valence-corrected chi connectivity index (χ1v) is 6.22. The Labute approximate surface area is 89.1 Å². The fraction of sp³-hybridized carbons (Fsp3) is 1.00. The van der Waals surface area contributed by atoms with Gasteiger partial charge in [0.15, 0.2) is 0 Å². The Hall–Kier alpha value is -0.0800. The molecule has 2 unspecified atom stereocenters. The Bertz CT molecular complexity index is 135. The minimum atomic E-state index is 0.712. The molecule has 1 aliphatic rings. The lowest BCUT2D eigenvalue weighted by Crippen LogP contribution is -2.42. The van der Waals surface area contributed by atoms with Crippen LogP contribution < -0.4 is 5.32 Å². The van der Waals surface area contributed by atoms with E-state index in [-0.39, 0.29) is 0 Å². The average molecular weight is 198 g/mol. The largest absolute Gasteiger partial charge is 0.315 e. The van der Waals surface area contributed by atoms with E-state index in [1.807, 2.05) is 0 Å². The lowest BCUT2D eigenvalue weighted by atomic mass is 10.1. The first-order chi connectivity index (χ1) is 6.75. The molecule has 1 rings (SSSR count). The Morgan fingerprint density at radius 3 is 2.71 bits per heavy atom. The maximum absolute atomic E-state index is 3.51. The van der Waals surface area contributed by atoms with Gasteiger partial charge in [0.2, 0.25) is 0 Å². The van der Waals surface area contributed by atoms with Crippen molar-refractivity contribution in [3.8, 4) is 0 Å². The molecule has 0 radical (unpaired) electrons. The van der Waals surface area contributed by atoms with Crippen LogP contribution >= 0.6 is 0 Å². The van der Waals surface area contributed by atoms with Gasteiger partial charge in [0.1, 0.15) is 0 Å². The zero-order valence-corrected chi connectivity index (χ0v) is 10.1. The van der Waals surface area contributed by atoms with Gasteiger partial charge in [-0.1, -0.05) is 19.8 Å². The summed E-state index contributed by atoms with van der Waals surface area (Å²) in [4.78, 5) is 2.68. The Morgan fingerprint density at radius 1 is 1.21 bits per heavy atom. The van der Waals surface area contributed by atoms with E-state index in [1.165, 1.54) is 38.8 Å². The van der Waals surface area contributed by atoms with Crippen LogP contribution in [0.1, 0.15) is 46.5 Å². The van der Waals surface area contributed by atoms with Crippen LogP contribution in [0, 0.1) is 0 Å². The minimum absolute atomic E-state index is 0.712. The zero-order valence-electron chi connectivity index (χ0n) is 10.1. The monoisotopic (exact) mass is 198 g/mol. The van der Waals surface area contributed by atoms with E-state index < -0.39 is 0 Å². The van der Waals surface area contributed by atoms with Crippen LogP contribution in [-0.4, -0.2) is 36.6 Å². The van der Waals surface area contributed by atoms with E-state index in [2.05, 4.69) is 31.0 Å². The number of nitrogens with one attached hydrogen (secondary N) is 1. The number of hydrogen-bond acceptors (Lipinski definition) is 2. The SMILES string of the molecule is CCCCCN1C(C)CCNCC1C. The van der Waals surface area contributed by atoms with Crippen LogP contribution in [-0.2, 0) is 0 Å². The maximum atomic E-state index is 3.51. The number of nitrogens with zero attached hydrogens (tertiary/aromatic N) is 1. The summed E-state index contributed by atoms with van der Waals surface area (Å²) >= 11 is 0. The first kappa shape index (κ1) is 12.0. The molecule has 0 saturated carbocycles. The zero-order chi connectivity index (χ0) is 10.4. The Balaban J connectivity index is 2.35.